The molecule has 0 aliphatic heterocycles. The minimum Gasteiger partial charge on any atom is -0.497 e. The Morgan fingerprint density at radius 1 is 0.921 bits per heavy atom. The number of methoxy groups -OCH3 is 1. The molecule has 38 heavy (non-hydrogen) atoms. The lowest BCUT2D eigenvalue weighted by molar-refractivity contribution is -0.115. The topological polar surface area (TPSA) is 80.3 Å². The summed E-state index contributed by atoms with van der Waals surface area (Å²) in [6.07, 6.45) is 0. The lowest BCUT2D eigenvalue weighted by Crippen LogP contribution is -2.18. The Morgan fingerprint density at radius 3 is 2.39 bits per heavy atom. The van der Waals surface area contributed by atoms with Gasteiger partial charge in [-0.05, 0) is 60.2 Å². The van der Waals surface area contributed by atoms with Crippen molar-refractivity contribution in [3.05, 3.63) is 114 Å². The normalized spacial score (nSPS) is 11.6. The molecule has 1 atom stereocenters. The maximum atomic E-state index is 13.9. The third kappa shape index (κ3) is 5.85. The van der Waals surface area contributed by atoms with Crippen molar-refractivity contribution < 1.29 is 18.7 Å². The average molecular weight is 544 g/mol. The number of ether oxygens (including phenoxy) is 1. The quantitative estimate of drug-likeness (QED) is 0.203. The molecule has 190 valence electrons. The molecule has 0 fully saturated rings. The van der Waals surface area contributed by atoms with Crippen molar-refractivity contribution >= 4 is 55.9 Å². The molecule has 2 N–H and O–H groups in total. The highest BCUT2D eigenvalue weighted by atomic mass is 32.2. The Morgan fingerprint density at radius 2 is 1.66 bits per heavy atom. The third-order valence-electron chi connectivity index (χ3n) is 5.65. The third-order valence-corrected chi connectivity index (χ3v) is 7.85. The van der Waals surface area contributed by atoms with Crippen molar-refractivity contribution in [2.24, 2.45) is 0 Å². The van der Waals surface area contributed by atoms with Gasteiger partial charge in [0.05, 0.1) is 22.9 Å². The monoisotopic (exact) mass is 543 g/mol. The van der Waals surface area contributed by atoms with Gasteiger partial charge in [0.25, 0.3) is 5.91 Å². The van der Waals surface area contributed by atoms with Crippen molar-refractivity contribution in [3.8, 4) is 5.75 Å². The molecular weight excluding hydrogens is 521 g/mol. The molecule has 5 aromatic rings. The average Bonchev–Trinajstić information content (AvgIpc) is 3.34. The summed E-state index contributed by atoms with van der Waals surface area (Å²) in [5, 5.41) is 5.63. The van der Waals surface area contributed by atoms with Crippen LogP contribution in [0.5, 0.6) is 5.75 Å². The Balaban J connectivity index is 1.32. The summed E-state index contributed by atoms with van der Waals surface area (Å²) in [7, 11) is 1.61. The van der Waals surface area contributed by atoms with Gasteiger partial charge in [0, 0.05) is 10.6 Å². The molecule has 0 radical (unpaired) electrons. The summed E-state index contributed by atoms with van der Waals surface area (Å²) >= 11 is 2.76. The number of carbonyl (C=O) groups is 2. The SMILES string of the molecule is COc1ccc2nc(NC(=O)C(Sc3ccc(NC(=O)c4ccccc4F)cc3)c3ccccc3)sc2c1. The van der Waals surface area contributed by atoms with Gasteiger partial charge in [-0.25, -0.2) is 9.37 Å². The standard InChI is InChI=1S/C29H22FN3O3S2/c1-36-20-13-16-24-25(17-20)38-29(32-24)33-28(35)26(18-7-3-2-4-8-18)37-21-14-11-19(12-15-21)31-27(34)22-9-5-6-10-23(22)30/h2-17,26H,1H3,(H,31,34)(H,32,33,35). The smallest absolute Gasteiger partial charge is 0.258 e. The van der Waals surface area contributed by atoms with Crippen molar-refractivity contribution in [1.29, 1.82) is 0 Å². The molecule has 5 rings (SSSR count). The number of hydrogen-bond donors (Lipinski definition) is 2. The van der Waals surface area contributed by atoms with Gasteiger partial charge in [-0.2, -0.15) is 0 Å². The number of amides is 2. The minimum absolute atomic E-state index is 0.0277. The second kappa shape index (κ2) is 11.5. The van der Waals surface area contributed by atoms with Gasteiger partial charge in [0.15, 0.2) is 5.13 Å². The molecule has 1 aromatic heterocycles. The van der Waals surface area contributed by atoms with Crippen LogP contribution in [0.4, 0.5) is 15.2 Å². The van der Waals surface area contributed by atoms with Crippen molar-refractivity contribution in [2.75, 3.05) is 17.7 Å². The van der Waals surface area contributed by atoms with Crippen molar-refractivity contribution in [1.82, 2.24) is 4.98 Å². The highest BCUT2D eigenvalue weighted by Crippen LogP contribution is 2.38. The summed E-state index contributed by atoms with van der Waals surface area (Å²) in [6.45, 7) is 0. The largest absolute Gasteiger partial charge is 0.497 e. The number of anilines is 2. The number of rotatable bonds is 8. The Hall–Kier alpha value is -4.21. The van der Waals surface area contributed by atoms with E-state index in [1.165, 1.54) is 41.3 Å². The second-order valence-electron chi connectivity index (χ2n) is 8.21. The number of nitrogens with zero attached hydrogens (tertiary/aromatic N) is 1. The van der Waals surface area contributed by atoms with E-state index in [4.69, 9.17) is 4.74 Å². The summed E-state index contributed by atoms with van der Waals surface area (Å²) in [5.74, 6) is -0.589. The first-order valence-electron chi connectivity index (χ1n) is 11.6. The first-order chi connectivity index (χ1) is 18.5. The van der Waals surface area contributed by atoms with Crippen LogP contribution in [0.3, 0.4) is 0 Å². The number of nitrogens with one attached hydrogen (secondary N) is 2. The van der Waals surface area contributed by atoms with Crippen LogP contribution < -0.4 is 15.4 Å². The summed E-state index contributed by atoms with van der Waals surface area (Å²) in [4.78, 5) is 31.2. The maximum absolute atomic E-state index is 13.9. The van der Waals surface area contributed by atoms with Crippen molar-refractivity contribution in [3.63, 3.8) is 0 Å². The van der Waals surface area contributed by atoms with Gasteiger partial charge < -0.3 is 15.4 Å². The van der Waals surface area contributed by atoms with E-state index < -0.39 is 17.0 Å². The van der Waals surface area contributed by atoms with Gasteiger partial charge in [-0.1, -0.05) is 53.8 Å². The second-order valence-corrected chi connectivity index (χ2v) is 10.4. The Labute approximate surface area is 226 Å². The number of hydrogen-bond acceptors (Lipinski definition) is 6. The van der Waals surface area contributed by atoms with Crippen LogP contribution in [0.25, 0.3) is 10.2 Å². The lowest BCUT2D eigenvalue weighted by atomic mass is 10.1. The van der Waals surface area contributed by atoms with E-state index in [1.54, 1.807) is 25.3 Å². The van der Waals surface area contributed by atoms with E-state index >= 15 is 0 Å². The molecule has 0 aliphatic rings. The van der Waals surface area contributed by atoms with Crippen molar-refractivity contribution in [2.45, 2.75) is 10.1 Å². The highest BCUT2D eigenvalue weighted by Gasteiger charge is 2.23. The lowest BCUT2D eigenvalue weighted by Gasteiger charge is -2.16. The van der Waals surface area contributed by atoms with Crippen LogP contribution in [0, 0.1) is 5.82 Å². The predicted octanol–water partition coefficient (Wildman–Crippen LogP) is 7.17. The molecule has 4 aromatic carbocycles. The van der Waals surface area contributed by atoms with Crippen LogP contribution in [0.2, 0.25) is 0 Å². The van der Waals surface area contributed by atoms with E-state index in [9.17, 15) is 14.0 Å². The maximum Gasteiger partial charge on any atom is 0.258 e. The number of fused-ring (bicyclic) bond motifs is 1. The molecule has 6 nitrogen and oxygen atoms in total. The fraction of sp³-hybridized carbons (Fsp3) is 0.0690. The zero-order valence-corrected chi connectivity index (χ0v) is 21.8. The summed E-state index contributed by atoms with van der Waals surface area (Å²) < 4.78 is 20.1. The molecule has 0 spiro atoms. The number of thiazole rings is 1. The number of aromatic nitrogens is 1. The van der Waals surface area contributed by atoms with E-state index in [0.717, 1.165) is 26.4 Å². The Kier molecular flexibility index (Phi) is 7.67. The molecule has 1 unspecified atom stereocenters. The van der Waals surface area contributed by atoms with Gasteiger partial charge in [0.1, 0.15) is 16.8 Å². The number of thioether (sulfide) groups is 1. The Bertz CT molecular complexity index is 1590. The molecule has 0 bridgehead atoms. The van der Waals surface area contributed by atoms with Gasteiger partial charge in [-0.3, -0.25) is 9.59 Å². The molecule has 9 heteroatoms. The van der Waals surface area contributed by atoms with E-state index in [-0.39, 0.29) is 11.5 Å². The molecule has 0 aliphatic carbocycles. The van der Waals surface area contributed by atoms with Crippen LogP contribution >= 0.6 is 23.1 Å². The first-order valence-corrected chi connectivity index (χ1v) is 13.3. The van der Waals surface area contributed by atoms with Gasteiger partial charge in [0.2, 0.25) is 5.91 Å². The van der Waals surface area contributed by atoms with E-state index in [2.05, 4.69) is 15.6 Å². The first kappa shape index (κ1) is 25.4. The number of benzene rings is 4. The van der Waals surface area contributed by atoms with Crippen LogP contribution in [0.1, 0.15) is 21.2 Å². The molecular formula is C29H22FN3O3S2. The number of carbonyl (C=O) groups excluding carboxylic acids is 2. The zero-order valence-electron chi connectivity index (χ0n) is 20.2. The van der Waals surface area contributed by atoms with E-state index in [0.29, 0.717) is 10.8 Å². The van der Waals surface area contributed by atoms with Crippen LogP contribution in [-0.4, -0.2) is 23.9 Å². The molecule has 1 heterocycles. The van der Waals surface area contributed by atoms with Crippen LogP contribution in [0.15, 0.2) is 102 Å². The number of halogens is 1. The summed E-state index contributed by atoms with van der Waals surface area (Å²) in [5.41, 5.74) is 2.12. The molecule has 0 saturated carbocycles. The van der Waals surface area contributed by atoms with Gasteiger partial charge >= 0.3 is 0 Å². The summed E-state index contributed by atoms with van der Waals surface area (Å²) in [6, 6.07) is 28.0. The fourth-order valence-electron chi connectivity index (χ4n) is 3.75. The molecule has 2 amide bonds. The fourth-order valence-corrected chi connectivity index (χ4v) is 5.68. The predicted molar refractivity (Wildman–Crippen MR) is 151 cm³/mol. The van der Waals surface area contributed by atoms with Crippen LogP contribution in [-0.2, 0) is 4.79 Å². The van der Waals surface area contributed by atoms with E-state index in [1.807, 2.05) is 60.7 Å². The molecule has 0 saturated heterocycles. The minimum atomic E-state index is -0.582. The van der Waals surface area contributed by atoms with Gasteiger partial charge in [-0.15, -0.1) is 11.8 Å². The highest BCUT2D eigenvalue weighted by molar-refractivity contribution is 8.00. The zero-order chi connectivity index (χ0) is 26.5.